The molecule has 0 saturated heterocycles. The van der Waals surface area contributed by atoms with Crippen molar-refractivity contribution in [2.24, 2.45) is 10.5 Å². The molecule has 0 aromatic carbocycles. The maximum absolute atomic E-state index is 5.46. The van der Waals surface area contributed by atoms with Gasteiger partial charge in [-0.3, -0.25) is 5.01 Å². The van der Waals surface area contributed by atoms with E-state index >= 15 is 0 Å². The van der Waals surface area contributed by atoms with Gasteiger partial charge in [-0.25, -0.2) is 5.53 Å². The third kappa shape index (κ3) is 2.55. The van der Waals surface area contributed by atoms with Gasteiger partial charge in [0, 0.05) is 6.54 Å². The van der Waals surface area contributed by atoms with Crippen molar-refractivity contribution < 1.29 is 4.74 Å². The third-order valence-corrected chi connectivity index (χ3v) is 2.13. The van der Waals surface area contributed by atoms with Crippen molar-refractivity contribution in [2.45, 2.75) is 27.0 Å². The molecule has 2 heterocycles. The van der Waals surface area contributed by atoms with Gasteiger partial charge in [0.25, 0.3) is 0 Å². The number of nitrogens with zero attached hydrogens (tertiary/aromatic N) is 3. The molecule has 1 unspecified atom stereocenters. The van der Waals surface area contributed by atoms with Gasteiger partial charge in [0.2, 0.25) is 12.6 Å². The highest BCUT2D eigenvalue weighted by atomic mass is 16.5. The second-order valence-corrected chi connectivity index (χ2v) is 5.01. The summed E-state index contributed by atoms with van der Waals surface area (Å²) in [4.78, 5) is 0. The molecular weight excluding hydrogens is 204 g/mol. The Kier molecular flexibility index (Phi) is 2.87. The molecule has 0 aliphatic carbocycles. The average Bonchev–Trinajstić information content (AvgIpc) is 2.64. The van der Waals surface area contributed by atoms with Crippen LogP contribution in [0.15, 0.2) is 29.6 Å². The van der Waals surface area contributed by atoms with Crippen LogP contribution in [0.4, 0.5) is 0 Å². The van der Waals surface area contributed by atoms with Crippen LogP contribution in [0.25, 0.3) is 0 Å². The summed E-state index contributed by atoms with van der Waals surface area (Å²) in [6, 6.07) is 0. The fraction of sp³-hybridized carbons (Fsp3) is 0.545. The van der Waals surface area contributed by atoms with Crippen molar-refractivity contribution in [1.29, 1.82) is 0 Å². The minimum atomic E-state index is -0.175. The highest BCUT2D eigenvalue weighted by Crippen LogP contribution is 2.19. The van der Waals surface area contributed by atoms with Crippen molar-refractivity contribution in [3.05, 3.63) is 24.5 Å². The predicted octanol–water partition coefficient (Wildman–Crippen LogP) is 1.32. The van der Waals surface area contributed by atoms with E-state index in [2.05, 4.69) is 37.7 Å². The molecule has 0 saturated carbocycles. The van der Waals surface area contributed by atoms with E-state index in [1.807, 2.05) is 28.4 Å². The van der Waals surface area contributed by atoms with Gasteiger partial charge in [-0.2, -0.15) is 0 Å². The average molecular weight is 221 g/mol. The molecule has 1 radical (unpaired) electrons. The molecule has 0 bridgehead atoms. The Morgan fingerprint density at radius 2 is 2.25 bits per heavy atom. The Bertz CT molecular complexity index is 329. The van der Waals surface area contributed by atoms with Gasteiger partial charge in [0.05, 0.1) is 6.26 Å². The minimum absolute atomic E-state index is 0.168. The van der Waals surface area contributed by atoms with E-state index in [-0.39, 0.29) is 11.6 Å². The molecule has 0 aromatic heterocycles. The van der Waals surface area contributed by atoms with E-state index in [0.717, 1.165) is 6.54 Å². The summed E-state index contributed by atoms with van der Waals surface area (Å²) in [5.74, 6) is 0. The van der Waals surface area contributed by atoms with Crippen LogP contribution in [-0.2, 0) is 4.74 Å². The quantitative estimate of drug-likeness (QED) is 0.763. The van der Waals surface area contributed by atoms with E-state index in [1.54, 1.807) is 6.26 Å². The van der Waals surface area contributed by atoms with Gasteiger partial charge in [-0.05, 0) is 17.6 Å². The number of rotatable bonds is 2. The maximum atomic E-state index is 5.46. The normalized spacial score (nSPS) is 24.7. The molecular formula is C11H17N4O. The molecule has 0 spiro atoms. The lowest BCUT2D eigenvalue weighted by Crippen LogP contribution is -2.52. The Morgan fingerprint density at radius 3 is 2.88 bits per heavy atom. The van der Waals surface area contributed by atoms with Crippen molar-refractivity contribution in [3.63, 3.8) is 0 Å². The fourth-order valence-corrected chi connectivity index (χ4v) is 1.50. The van der Waals surface area contributed by atoms with Crippen molar-refractivity contribution in [1.82, 2.24) is 15.7 Å². The van der Waals surface area contributed by atoms with Gasteiger partial charge >= 0.3 is 0 Å². The maximum Gasteiger partial charge on any atom is 0.212 e. The standard InChI is InChI=1S/C11H17N4O/c1-11(2,3)8-14-9-12-13-15(14)10-6-4-5-7-16-10/h4-7,10,13H,8H2,1-3H3. The largest absolute Gasteiger partial charge is 0.476 e. The van der Waals surface area contributed by atoms with Gasteiger partial charge in [0.1, 0.15) is 0 Å². The van der Waals surface area contributed by atoms with Crippen LogP contribution >= 0.6 is 0 Å². The van der Waals surface area contributed by atoms with Crippen LogP contribution < -0.4 is 5.53 Å². The van der Waals surface area contributed by atoms with E-state index in [4.69, 9.17) is 4.74 Å². The Balaban J connectivity index is 1.99. The van der Waals surface area contributed by atoms with E-state index in [1.165, 1.54) is 0 Å². The number of hydrogen-bond donors (Lipinski definition) is 1. The minimum Gasteiger partial charge on any atom is -0.476 e. The van der Waals surface area contributed by atoms with Crippen LogP contribution in [0.5, 0.6) is 0 Å². The van der Waals surface area contributed by atoms with E-state index in [0.29, 0.717) is 0 Å². The molecule has 87 valence electrons. The lowest BCUT2D eigenvalue weighted by molar-refractivity contribution is -0.113. The SMILES string of the molecule is CC(C)(C)CN1[C]=NNN1C1C=CC=CO1. The van der Waals surface area contributed by atoms with Gasteiger partial charge < -0.3 is 4.74 Å². The van der Waals surface area contributed by atoms with Crippen LogP contribution in [0.3, 0.4) is 0 Å². The first-order valence-electron chi connectivity index (χ1n) is 5.33. The molecule has 5 nitrogen and oxygen atoms in total. The monoisotopic (exact) mass is 221 g/mol. The molecule has 0 fully saturated rings. The predicted molar refractivity (Wildman–Crippen MR) is 61.7 cm³/mol. The molecule has 5 heteroatoms. The van der Waals surface area contributed by atoms with E-state index < -0.39 is 0 Å². The van der Waals surface area contributed by atoms with Crippen LogP contribution in [-0.4, -0.2) is 29.2 Å². The fourth-order valence-electron chi connectivity index (χ4n) is 1.50. The number of allylic oxidation sites excluding steroid dienone is 2. The van der Waals surface area contributed by atoms with Crippen molar-refractivity contribution in [3.8, 4) is 0 Å². The third-order valence-electron chi connectivity index (χ3n) is 2.13. The van der Waals surface area contributed by atoms with Gasteiger partial charge in [0.15, 0.2) is 0 Å². The Labute approximate surface area is 96.0 Å². The summed E-state index contributed by atoms with van der Waals surface area (Å²) in [6.07, 6.45) is 10.1. The lowest BCUT2D eigenvalue weighted by atomic mass is 9.97. The zero-order valence-electron chi connectivity index (χ0n) is 9.84. The van der Waals surface area contributed by atoms with Crippen molar-refractivity contribution >= 4 is 6.34 Å². The number of ether oxygens (including phenoxy) is 1. The molecule has 2 aliphatic heterocycles. The number of hydrazine groups is 2. The molecule has 1 N–H and O–H groups in total. The summed E-state index contributed by atoms with van der Waals surface area (Å²) in [6.45, 7) is 7.33. The summed E-state index contributed by atoms with van der Waals surface area (Å²) in [5, 5.41) is 7.63. The molecule has 2 aliphatic rings. The molecule has 1 atom stereocenters. The van der Waals surface area contributed by atoms with Crippen molar-refractivity contribution in [2.75, 3.05) is 6.54 Å². The Morgan fingerprint density at radius 1 is 1.44 bits per heavy atom. The molecule has 2 rings (SSSR count). The molecule has 16 heavy (non-hydrogen) atoms. The smallest absolute Gasteiger partial charge is 0.212 e. The number of nitrogens with one attached hydrogen (secondary N) is 1. The van der Waals surface area contributed by atoms with Gasteiger partial charge in [-0.1, -0.05) is 32.0 Å². The lowest BCUT2D eigenvalue weighted by Gasteiger charge is -2.34. The first kappa shape index (κ1) is 11.0. The number of hydrogen-bond acceptors (Lipinski definition) is 5. The van der Waals surface area contributed by atoms with Gasteiger partial charge in [-0.15, -0.1) is 5.10 Å². The second kappa shape index (κ2) is 4.17. The number of hydrazone groups is 1. The van der Waals surface area contributed by atoms with Crippen LogP contribution in [0.1, 0.15) is 20.8 Å². The Hall–Kier alpha value is -1.49. The van der Waals surface area contributed by atoms with E-state index in [9.17, 15) is 0 Å². The second-order valence-electron chi connectivity index (χ2n) is 5.01. The highest BCUT2D eigenvalue weighted by molar-refractivity contribution is 5.55. The summed E-state index contributed by atoms with van der Waals surface area (Å²) >= 11 is 0. The zero-order valence-corrected chi connectivity index (χ0v) is 9.84. The summed E-state index contributed by atoms with van der Waals surface area (Å²) < 4.78 is 5.46. The first-order valence-corrected chi connectivity index (χ1v) is 5.33. The van der Waals surface area contributed by atoms with Crippen LogP contribution in [0.2, 0.25) is 0 Å². The topological polar surface area (TPSA) is 40.1 Å². The molecule has 0 aromatic rings. The summed E-state index contributed by atoms with van der Waals surface area (Å²) in [7, 11) is 0. The van der Waals surface area contributed by atoms with Crippen LogP contribution in [0, 0.1) is 5.41 Å². The highest BCUT2D eigenvalue weighted by Gasteiger charge is 2.29. The zero-order chi connectivity index (χ0) is 11.6. The first-order chi connectivity index (χ1) is 7.56. The summed E-state index contributed by atoms with van der Waals surface area (Å²) in [5.41, 5.74) is 3.03. The molecule has 0 amide bonds.